The highest BCUT2D eigenvalue weighted by atomic mass is 35.5. The summed E-state index contributed by atoms with van der Waals surface area (Å²) in [4.78, 5) is 17.3. The van der Waals surface area contributed by atoms with Gasteiger partial charge in [0.2, 0.25) is 5.91 Å². The molecule has 1 saturated heterocycles. The normalized spacial score (nSPS) is 19.4. The first kappa shape index (κ1) is 17.4. The average molecular weight is 320 g/mol. The van der Waals surface area contributed by atoms with Gasteiger partial charge in [0.05, 0.1) is 25.8 Å². The molecule has 1 fully saturated rings. The van der Waals surface area contributed by atoms with E-state index in [9.17, 15) is 4.79 Å². The number of nitrogens with zero attached hydrogens (tertiary/aromatic N) is 2. The summed E-state index contributed by atoms with van der Waals surface area (Å²) in [5, 5.41) is 2.03. The second kappa shape index (κ2) is 8.59. The highest BCUT2D eigenvalue weighted by Crippen LogP contribution is 2.11. The number of halogens is 1. The van der Waals surface area contributed by atoms with Gasteiger partial charge in [0.15, 0.2) is 0 Å². The quantitative estimate of drug-likeness (QED) is 0.871. The molecule has 2 N–H and O–H groups in total. The van der Waals surface area contributed by atoms with Crippen LogP contribution in [0.4, 0.5) is 0 Å². The van der Waals surface area contributed by atoms with Gasteiger partial charge in [-0.1, -0.05) is 6.07 Å². The number of thiophene rings is 1. The molecule has 0 spiro atoms. The van der Waals surface area contributed by atoms with Gasteiger partial charge in [-0.2, -0.15) is 0 Å². The van der Waals surface area contributed by atoms with Gasteiger partial charge in [0.1, 0.15) is 0 Å². The lowest BCUT2D eigenvalue weighted by molar-refractivity contribution is -0.133. The molecule has 2 rings (SSSR count). The van der Waals surface area contributed by atoms with Crippen molar-refractivity contribution >= 4 is 29.7 Å². The molecule has 7 heteroatoms. The van der Waals surface area contributed by atoms with Crippen LogP contribution in [0, 0.1) is 0 Å². The zero-order chi connectivity index (χ0) is 13.7. The Morgan fingerprint density at radius 2 is 2.45 bits per heavy atom. The van der Waals surface area contributed by atoms with Crippen molar-refractivity contribution < 1.29 is 9.53 Å². The van der Waals surface area contributed by atoms with Crippen molar-refractivity contribution in [1.29, 1.82) is 0 Å². The largest absolute Gasteiger partial charge is 0.374 e. The highest BCUT2D eigenvalue weighted by molar-refractivity contribution is 7.09. The molecular formula is C13H22ClN3O2S. The smallest absolute Gasteiger partial charge is 0.236 e. The number of morpholine rings is 1. The van der Waals surface area contributed by atoms with Crippen molar-refractivity contribution in [2.24, 2.45) is 5.73 Å². The fourth-order valence-corrected chi connectivity index (χ4v) is 2.86. The Morgan fingerprint density at radius 3 is 3.10 bits per heavy atom. The Hall–Kier alpha value is -0.660. The van der Waals surface area contributed by atoms with Crippen LogP contribution in [0.15, 0.2) is 17.5 Å². The summed E-state index contributed by atoms with van der Waals surface area (Å²) in [7, 11) is 1.85. The van der Waals surface area contributed by atoms with Gasteiger partial charge in [-0.05, 0) is 11.4 Å². The van der Waals surface area contributed by atoms with E-state index in [1.54, 1.807) is 16.2 Å². The minimum atomic E-state index is 0. The summed E-state index contributed by atoms with van der Waals surface area (Å²) in [6.07, 6.45) is 0.0594. The van der Waals surface area contributed by atoms with E-state index in [0.717, 1.165) is 13.1 Å². The second-order valence-electron chi connectivity index (χ2n) is 4.79. The van der Waals surface area contributed by atoms with Gasteiger partial charge in [-0.25, -0.2) is 0 Å². The van der Waals surface area contributed by atoms with Gasteiger partial charge in [-0.3, -0.25) is 9.69 Å². The third-order valence-corrected chi connectivity index (χ3v) is 4.10. The first-order valence-corrected chi connectivity index (χ1v) is 7.37. The van der Waals surface area contributed by atoms with E-state index in [0.29, 0.717) is 26.2 Å². The zero-order valence-electron chi connectivity index (χ0n) is 11.7. The molecule has 5 nitrogen and oxygen atoms in total. The molecular weight excluding hydrogens is 298 g/mol. The number of ether oxygens (including phenoxy) is 1. The molecule has 0 saturated carbocycles. The zero-order valence-corrected chi connectivity index (χ0v) is 13.3. The molecule has 1 aromatic heterocycles. The molecule has 1 aromatic rings. The number of nitrogens with two attached hydrogens (primary N) is 1. The summed E-state index contributed by atoms with van der Waals surface area (Å²) in [6.45, 7) is 3.84. The second-order valence-corrected chi connectivity index (χ2v) is 5.83. The van der Waals surface area contributed by atoms with Crippen LogP contribution in [0.25, 0.3) is 0 Å². The summed E-state index contributed by atoms with van der Waals surface area (Å²) in [5.41, 5.74) is 5.60. The van der Waals surface area contributed by atoms with Crippen LogP contribution >= 0.6 is 23.7 Å². The minimum Gasteiger partial charge on any atom is -0.374 e. The third-order valence-electron chi connectivity index (χ3n) is 3.24. The summed E-state index contributed by atoms with van der Waals surface area (Å²) in [6, 6.07) is 4.06. The van der Waals surface area contributed by atoms with E-state index in [1.807, 2.05) is 24.6 Å². The Bertz CT molecular complexity index is 402. The number of carbonyl (C=O) groups is 1. The maximum Gasteiger partial charge on any atom is 0.236 e. The molecule has 1 unspecified atom stereocenters. The number of rotatable bonds is 5. The monoisotopic (exact) mass is 319 g/mol. The molecule has 20 heavy (non-hydrogen) atoms. The van der Waals surface area contributed by atoms with Crippen molar-refractivity contribution in [2.75, 3.05) is 39.8 Å². The number of amides is 1. The molecule has 1 amide bonds. The van der Waals surface area contributed by atoms with E-state index >= 15 is 0 Å². The van der Waals surface area contributed by atoms with Crippen molar-refractivity contribution in [2.45, 2.75) is 12.6 Å². The van der Waals surface area contributed by atoms with Crippen LogP contribution in [-0.2, 0) is 16.1 Å². The Balaban J connectivity index is 0.00000200. The van der Waals surface area contributed by atoms with Gasteiger partial charge in [-0.15, -0.1) is 23.7 Å². The van der Waals surface area contributed by atoms with Crippen LogP contribution in [0.2, 0.25) is 0 Å². The van der Waals surface area contributed by atoms with Gasteiger partial charge in [0, 0.05) is 31.6 Å². The summed E-state index contributed by atoms with van der Waals surface area (Å²) in [5.74, 6) is 0.145. The lowest BCUT2D eigenvalue weighted by Gasteiger charge is -2.32. The van der Waals surface area contributed by atoms with Crippen molar-refractivity contribution in [3.05, 3.63) is 22.4 Å². The Morgan fingerprint density at radius 1 is 1.65 bits per heavy atom. The fourth-order valence-electron chi connectivity index (χ4n) is 2.10. The van der Waals surface area contributed by atoms with E-state index < -0.39 is 0 Å². The third kappa shape index (κ3) is 5.03. The molecule has 2 heterocycles. The summed E-state index contributed by atoms with van der Waals surface area (Å²) < 4.78 is 5.49. The van der Waals surface area contributed by atoms with E-state index in [4.69, 9.17) is 10.5 Å². The Labute approximate surface area is 130 Å². The van der Waals surface area contributed by atoms with Crippen LogP contribution in [-0.4, -0.2) is 61.6 Å². The fraction of sp³-hybridized carbons (Fsp3) is 0.615. The van der Waals surface area contributed by atoms with Gasteiger partial charge in [0.25, 0.3) is 0 Å². The Kier molecular flexibility index (Phi) is 7.47. The number of carbonyl (C=O) groups excluding carboxylic acids is 1. The maximum absolute atomic E-state index is 12.1. The van der Waals surface area contributed by atoms with Gasteiger partial charge >= 0.3 is 0 Å². The summed E-state index contributed by atoms with van der Waals surface area (Å²) >= 11 is 1.67. The lowest BCUT2D eigenvalue weighted by atomic mass is 10.2. The SMILES string of the molecule is CN(Cc1cccs1)C(=O)CN1CCOC(CN)C1.Cl. The number of hydrogen-bond donors (Lipinski definition) is 1. The molecule has 1 atom stereocenters. The molecule has 1 aliphatic heterocycles. The van der Waals surface area contributed by atoms with Crippen molar-refractivity contribution in [3.63, 3.8) is 0 Å². The van der Waals surface area contributed by atoms with E-state index in [-0.39, 0.29) is 24.4 Å². The predicted molar refractivity (Wildman–Crippen MR) is 83.3 cm³/mol. The van der Waals surface area contributed by atoms with Crippen LogP contribution in [0.5, 0.6) is 0 Å². The number of hydrogen-bond acceptors (Lipinski definition) is 5. The lowest BCUT2D eigenvalue weighted by Crippen LogP contribution is -2.49. The number of likely N-dealkylation sites (N-methyl/N-ethyl adjacent to an activating group) is 1. The molecule has 114 valence electrons. The predicted octanol–water partition coefficient (Wildman–Crippen LogP) is 0.788. The van der Waals surface area contributed by atoms with Crippen LogP contribution in [0.3, 0.4) is 0 Å². The maximum atomic E-state index is 12.1. The van der Waals surface area contributed by atoms with Crippen LogP contribution < -0.4 is 5.73 Å². The first-order valence-electron chi connectivity index (χ1n) is 6.49. The standard InChI is InChI=1S/C13H21N3O2S.ClH/c1-15(9-12-3-2-6-19-12)13(17)10-16-4-5-18-11(7-14)8-16;/h2-3,6,11H,4-5,7-10,14H2,1H3;1H. The average Bonchev–Trinajstić information content (AvgIpc) is 2.91. The van der Waals surface area contributed by atoms with Gasteiger partial charge < -0.3 is 15.4 Å². The van der Waals surface area contributed by atoms with E-state index in [2.05, 4.69) is 4.90 Å². The first-order chi connectivity index (χ1) is 9.19. The molecule has 0 aromatic carbocycles. The molecule has 0 aliphatic carbocycles. The minimum absolute atomic E-state index is 0. The van der Waals surface area contributed by atoms with Crippen molar-refractivity contribution in [3.8, 4) is 0 Å². The molecule has 0 radical (unpaired) electrons. The van der Waals surface area contributed by atoms with Crippen LogP contribution in [0.1, 0.15) is 4.88 Å². The highest BCUT2D eigenvalue weighted by Gasteiger charge is 2.22. The topological polar surface area (TPSA) is 58.8 Å². The molecule has 1 aliphatic rings. The molecule has 0 bridgehead atoms. The van der Waals surface area contributed by atoms with Crippen molar-refractivity contribution in [1.82, 2.24) is 9.80 Å². The van der Waals surface area contributed by atoms with E-state index in [1.165, 1.54) is 4.88 Å².